The van der Waals surface area contributed by atoms with E-state index in [1.165, 1.54) is 11.1 Å². The Bertz CT molecular complexity index is 648. The van der Waals surface area contributed by atoms with E-state index < -0.39 is 0 Å². The summed E-state index contributed by atoms with van der Waals surface area (Å²) in [4.78, 5) is 0. The summed E-state index contributed by atoms with van der Waals surface area (Å²) in [5.74, 6) is 1.68. The second kappa shape index (κ2) is 6.59. The molecule has 0 unspecified atom stereocenters. The minimum absolute atomic E-state index is 0.842. The molecule has 0 aliphatic heterocycles. The maximum Gasteiger partial charge on any atom is 0.141 e. The van der Waals surface area contributed by atoms with Crippen molar-refractivity contribution in [3.05, 3.63) is 94.5 Å². The van der Waals surface area contributed by atoms with Gasteiger partial charge < -0.3 is 4.74 Å². The van der Waals surface area contributed by atoms with Gasteiger partial charge in [0, 0.05) is 0 Å². The molecule has 0 N–H and O–H groups in total. The number of ether oxygens (including phenoxy) is 1. The SMILES string of the molecule is Brc1c(Cc2ccccc2)cccc1Oc1ccccc1. The summed E-state index contributed by atoms with van der Waals surface area (Å²) in [6.45, 7) is 0. The molecule has 2 heteroatoms. The third-order valence-corrected chi connectivity index (χ3v) is 4.15. The van der Waals surface area contributed by atoms with E-state index in [2.05, 4.69) is 46.3 Å². The number of hydrogen-bond acceptors (Lipinski definition) is 1. The van der Waals surface area contributed by atoms with E-state index in [1.54, 1.807) is 0 Å². The van der Waals surface area contributed by atoms with Crippen LogP contribution in [0.15, 0.2) is 83.3 Å². The lowest BCUT2D eigenvalue weighted by molar-refractivity contribution is 0.479. The fraction of sp³-hybridized carbons (Fsp3) is 0.0526. The monoisotopic (exact) mass is 338 g/mol. The topological polar surface area (TPSA) is 9.23 Å². The lowest BCUT2D eigenvalue weighted by atomic mass is 10.1. The molecule has 0 atom stereocenters. The van der Waals surface area contributed by atoms with Crippen molar-refractivity contribution in [1.29, 1.82) is 0 Å². The summed E-state index contributed by atoms with van der Waals surface area (Å²) < 4.78 is 6.95. The van der Waals surface area contributed by atoms with Gasteiger partial charge in [-0.2, -0.15) is 0 Å². The maximum absolute atomic E-state index is 5.94. The number of halogens is 1. The zero-order valence-corrected chi connectivity index (χ0v) is 13.1. The van der Waals surface area contributed by atoms with E-state index in [9.17, 15) is 0 Å². The number of rotatable bonds is 4. The van der Waals surface area contributed by atoms with Crippen LogP contribution in [0, 0.1) is 0 Å². The Morgan fingerprint density at radius 3 is 2.10 bits per heavy atom. The van der Waals surface area contributed by atoms with Crippen molar-refractivity contribution >= 4 is 15.9 Å². The smallest absolute Gasteiger partial charge is 0.141 e. The van der Waals surface area contributed by atoms with Gasteiger partial charge in [0.05, 0.1) is 4.47 Å². The standard InChI is InChI=1S/C19H15BrO/c20-19-16(14-15-8-3-1-4-9-15)10-7-13-18(19)21-17-11-5-2-6-12-17/h1-13H,14H2. The lowest BCUT2D eigenvalue weighted by Crippen LogP contribution is -1.92. The molecule has 0 radical (unpaired) electrons. The van der Waals surface area contributed by atoms with Crippen molar-refractivity contribution < 1.29 is 4.74 Å². The normalized spacial score (nSPS) is 10.3. The molecule has 0 aromatic heterocycles. The van der Waals surface area contributed by atoms with Crippen LogP contribution < -0.4 is 4.74 Å². The van der Waals surface area contributed by atoms with E-state index in [4.69, 9.17) is 4.74 Å². The molecule has 104 valence electrons. The number of hydrogen-bond donors (Lipinski definition) is 0. The first-order valence-corrected chi connectivity index (χ1v) is 7.66. The zero-order chi connectivity index (χ0) is 14.5. The molecule has 0 fully saturated rings. The Kier molecular flexibility index (Phi) is 4.37. The van der Waals surface area contributed by atoms with Gasteiger partial charge in [-0.25, -0.2) is 0 Å². The van der Waals surface area contributed by atoms with Gasteiger partial charge in [0.25, 0.3) is 0 Å². The maximum atomic E-state index is 5.94. The van der Waals surface area contributed by atoms with Gasteiger partial charge in [-0.3, -0.25) is 0 Å². The van der Waals surface area contributed by atoms with E-state index >= 15 is 0 Å². The quantitative estimate of drug-likeness (QED) is 0.581. The van der Waals surface area contributed by atoms with Gasteiger partial charge in [0.1, 0.15) is 11.5 Å². The molecule has 3 aromatic carbocycles. The second-order valence-corrected chi connectivity index (χ2v) is 5.60. The Morgan fingerprint density at radius 1 is 0.714 bits per heavy atom. The largest absolute Gasteiger partial charge is 0.456 e. The van der Waals surface area contributed by atoms with Crippen molar-refractivity contribution in [3.8, 4) is 11.5 Å². The molecular formula is C19H15BrO. The van der Waals surface area contributed by atoms with E-state index in [1.807, 2.05) is 48.5 Å². The number of para-hydroxylation sites is 1. The van der Waals surface area contributed by atoms with Crippen LogP contribution in [0.5, 0.6) is 11.5 Å². The van der Waals surface area contributed by atoms with Gasteiger partial charge in [0.2, 0.25) is 0 Å². The van der Waals surface area contributed by atoms with E-state index in [0.717, 1.165) is 22.4 Å². The summed E-state index contributed by atoms with van der Waals surface area (Å²) in [7, 11) is 0. The zero-order valence-electron chi connectivity index (χ0n) is 11.5. The van der Waals surface area contributed by atoms with Crippen LogP contribution in [0.2, 0.25) is 0 Å². The highest BCUT2D eigenvalue weighted by atomic mass is 79.9. The fourth-order valence-corrected chi connectivity index (χ4v) is 2.69. The summed E-state index contributed by atoms with van der Waals surface area (Å²) in [6, 6.07) is 26.4. The van der Waals surface area contributed by atoms with Gasteiger partial charge in [-0.05, 0) is 51.7 Å². The fourth-order valence-electron chi connectivity index (χ4n) is 2.20. The molecule has 3 rings (SSSR count). The first-order chi connectivity index (χ1) is 10.3. The molecule has 0 aliphatic rings. The molecule has 21 heavy (non-hydrogen) atoms. The van der Waals surface area contributed by atoms with Crippen LogP contribution in [0.1, 0.15) is 11.1 Å². The molecule has 0 saturated carbocycles. The molecular weight excluding hydrogens is 324 g/mol. The van der Waals surface area contributed by atoms with Gasteiger partial charge >= 0.3 is 0 Å². The van der Waals surface area contributed by atoms with Crippen molar-refractivity contribution in [2.24, 2.45) is 0 Å². The Balaban J connectivity index is 1.85. The average Bonchev–Trinajstić information content (AvgIpc) is 2.53. The first kappa shape index (κ1) is 13.9. The van der Waals surface area contributed by atoms with Crippen molar-refractivity contribution in [3.63, 3.8) is 0 Å². The predicted octanol–water partition coefficient (Wildman–Crippen LogP) is 5.83. The highest BCUT2D eigenvalue weighted by molar-refractivity contribution is 9.10. The van der Waals surface area contributed by atoms with Crippen molar-refractivity contribution in [1.82, 2.24) is 0 Å². The lowest BCUT2D eigenvalue weighted by Gasteiger charge is -2.11. The summed E-state index contributed by atoms with van der Waals surface area (Å²) in [5, 5.41) is 0. The Morgan fingerprint density at radius 2 is 1.38 bits per heavy atom. The minimum Gasteiger partial charge on any atom is -0.456 e. The van der Waals surface area contributed by atoms with Crippen LogP contribution in [0.25, 0.3) is 0 Å². The molecule has 0 bridgehead atoms. The number of benzene rings is 3. The molecule has 0 spiro atoms. The van der Waals surface area contributed by atoms with Crippen LogP contribution in [0.3, 0.4) is 0 Å². The molecule has 0 aliphatic carbocycles. The van der Waals surface area contributed by atoms with Crippen LogP contribution in [0.4, 0.5) is 0 Å². The Hall–Kier alpha value is -2.06. The molecule has 0 saturated heterocycles. The van der Waals surface area contributed by atoms with Gasteiger partial charge in [-0.15, -0.1) is 0 Å². The second-order valence-electron chi connectivity index (χ2n) is 4.81. The van der Waals surface area contributed by atoms with Crippen LogP contribution in [-0.4, -0.2) is 0 Å². The minimum atomic E-state index is 0.842. The highest BCUT2D eigenvalue weighted by Gasteiger charge is 2.08. The molecule has 1 nitrogen and oxygen atoms in total. The molecule has 0 heterocycles. The van der Waals surface area contributed by atoms with E-state index in [-0.39, 0.29) is 0 Å². The van der Waals surface area contributed by atoms with Gasteiger partial charge in [-0.1, -0.05) is 60.7 Å². The summed E-state index contributed by atoms with van der Waals surface area (Å²) >= 11 is 3.67. The highest BCUT2D eigenvalue weighted by Crippen LogP contribution is 2.33. The predicted molar refractivity (Wildman–Crippen MR) is 89.9 cm³/mol. The third-order valence-electron chi connectivity index (χ3n) is 3.25. The van der Waals surface area contributed by atoms with E-state index in [0.29, 0.717) is 0 Å². The molecule has 0 amide bonds. The Labute approximate surface area is 133 Å². The van der Waals surface area contributed by atoms with Gasteiger partial charge in [0.15, 0.2) is 0 Å². The van der Waals surface area contributed by atoms with Crippen LogP contribution in [-0.2, 0) is 6.42 Å². The van der Waals surface area contributed by atoms with Crippen molar-refractivity contribution in [2.45, 2.75) is 6.42 Å². The van der Waals surface area contributed by atoms with Crippen molar-refractivity contribution in [2.75, 3.05) is 0 Å². The summed E-state index contributed by atoms with van der Waals surface area (Å²) in [5.41, 5.74) is 2.50. The average molecular weight is 339 g/mol. The summed E-state index contributed by atoms with van der Waals surface area (Å²) in [6.07, 6.45) is 0.882. The molecule has 3 aromatic rings. The third kappa shape index (κ3) is 3.53. The van der Waals surface area contributed by atoms with Crippen LogP contribution >= 0.6 is 15.9 Å². The first-order valence-electron chi connectivity index (χ1n) is 6.87.